The van der Waals surface area contributed by atoms with E-state index in [2.05, 4.69) is 12.1 Å². The Morgan fingerprint density at radius 1 is 1.33 bits per heavy atom. The van der Waals surface area contributed by atoms with E-state index in [9.17, 15) is 0 Å². The van der Waals surface area contributed by atoms with Crippen LogP contribution in [0.1, 0.15) is 17.9 Å². The van der Waals surface area contributed by atoms with E-state index in [0.717, 1.165) is 11.6 Å². The van der Waals surface area contributed by atoms with Crippen molar-refractivity contribution in [1.29, 1.82) is 0 Å². The summed E-state index contributed by atoms with van der Waals surface area (Å²) >= 11 is 7.92. The first-order valence-electron chi connectivity index (χ1n) is 5.34. The molecule has 0 saturated carbocycles. The van der Waals surface area contributed by atoms with Crippen LogP contribution in [0.2, 0.25) is 5.02 Å². The number of thioether (sulfide) groups is 1. The third-order valence-electron chi connectivity index (χ3n) is 3.08. The zero-order valence-electron chi connectivity index (χ0n) is 8.66. The van der Waals surface area contributed by atoms with Gasteiger partial charge in [0.1, 0.15) is 0 Å². The van der Waals surface area contributed by atoms with Gasteiger partial charge in [0.15, 0.2) is 0 Å². The van der Waals surface area contributed by atoms with Gasteiger partial charge in [-0.25, -0.2) is 0 Å². The molecule has 1 heterocycles. The lowest BCUT2D eigenvalue weighted by atomic mass is 9.85. The molecule has 0 radical (unpaired) electrons. The lowest BCUT2D eigenvalue weighted by molar-refractivity contribution is 0.455. The minimum atomic E-state index is 0.630. The van der Waals surface area contributed by atoms with E-state index < -0.39 is 0 Å². The van der Waals surface area contributed by atoms with Gasteiger partial charge < -0.3 is 5.73 Å². The molecule has 15 heavy (non-hydrogen) atoms. The van der Waals surface area contributed by atoms with Crippen LogP contribution in [0, 0.1) is 5.92 Å². The first kappa shape index (κ1) is 11.3. The molecule has 0 aliphatic carbocycles. The molecule has 2 unspecified atom stereocenters. The molecule has 3 heteroatoms. The van der Waals surface area contributed by atoms with Crippen LogP contribution in [-0.4, -0.2) is 18.1 Å². The van der Waals surface area contributed by atoms with Crippen LogP contribution < -0.4 is 5.73 Å². The average Bonchev–Trinajstić information content (AvgIpc) is 2.30. The number of hydrogen-bond donors (Lipinski definition) is 1. The molecule has 2 rings (SSSR count). The van der Waals surface area contributed by atoms with E-state index in [-0.39, 0.29) is 0 Å². The molecule has 1 aliphatic rings. The number of benzene rings is 1. The predicted molar refractivity (Wildman–Crippen MR) is 68.7 cm³/mol. The second-order valence-electron chi connectivity index (χ2n) is 4.02. The summed E-state index contributed by atoms with van der Waals surface area (Å²) in [7, 11) is 0. The van der Waals surface area contributed by atoms with Gasteiger partial charge >= 0.3 is 0 Å². The lowest BCUT2D eigenvalue weighted by Crippen LogP contribution is -2.28. The fourth-order valence-corrected chi connectivity index (χ4v) is 3.56. The molecular formula is C12H16ClNS. The van der Waals surface area contributed by atoms with Crippen LogP contribution in [0.5, 0.6) is 0 Å². The summed E-state index contributed by atoms with van der Waals surface area (Å²) in [5, 5.41) is 0.813. The monoisotopic (exact) mass is 241 g/mol. The normalized spacial score (nSPS) is 26.5. The Bertz CT molecular complexity index is 312. The van der Waals surface area contributed by atoms with Crippen molar-refractivity contribution in [2.45, 2.75) is 12.3 Å². The highest BCUT2D eigenvalue weighted by atomic mass is 35.5. The van der Waals surface area contributed by atoms with Crippen LogP contribution >= 0.6 is 23.4 Å². The third kappa shape index (κ3) is 2.68. The van der Waals surface area contributed by atoms with Gasteiger partial charge in [-0.2, -0.15) is 11.8 Å². The predicted octanol–water partition coefficient (Wildman–Crippen LogP) is 3.14. The van der Waals surface area contributed by atoms with Gasteiger partial charge in [0.05, 0.1) is 0 Å². The molecule has 1 nitrogen and oxygen atoms in total. The molecule has 1 aromatic rings. The van der Waals surface area contributed by atoms with E-state index in [1.807, 2.05) is 23.9 Å². The molecule has 0 aromatic heterocycles. The highest BCUT2D eigenvalue weighted by Gasteiger charge is 2.25. The van der Waals surface area contributed by atoms with Crippen molar-refractivity contribution in [2.75, 3.05) is 18.1 Å². The van der Waals surface area contributed by atoms with Crippen molar-refractivity contribution in [3.05, 3.63) is 34.9 Å². The van der Waals surface area contributed by atoms with E-state index in [1.54, 1.807) is 0 Å². The summed E-state index contributed by atoms with van der Waals surface area (Å²) in [6.45, 7) is 0.792. The van der Waals surface area contributed by atoms with Gasteiger partial charge in [-0.1, -0.05) is 23.7 Å². The highest BCUT2D eigenvalue weighted by molar-refractivity contribution is 7.99. The summed E-state index contributed by atoms with van der Waals surface area (Å²) < 4.78 is 0. The van der Waals surface area contributed by atoms with Crippen LogP contribution in [0.3, 0.4) is 0 Å². The molecule has 0 amide bonds. The summed E-state index contributed by atoms with van der Waals surface area (Å²) in [4.78, 5) is 0. The largest absolute Gasteiger partial charge is 0.330 e. The second kappa shape index (κ2) is 5.24. The Morgan fingerprint density at radius 3 is 2.73 bits per heavy atom. The van der Waals surface area contributed by atoms with Gasteiger partial charge in [-0.05, 0) is 54.0 Å². The molecule has 2 N–H and O–H groups in total. The molecule has 1 fully saturated rings. The minimum Gasteiger partial charge on any atom is -0.330 e. The first-order chi connectivity index (χ1) is 7.31. The van der Waals surface area contributed by atoms with Crippen LogP contribution in [0.4, 0.5) is 0 Å². The van der Waals surface area contributed by atoms with Crippen molar-refractivity contribution in [1.82, 2.24) is 0 Å². The minimum absolute atomic E-state index is 0.630. The Labute approximate surface area is 100 Å². The quantitative estimate of drug-likeness (QED) is 0.861. The molecule has 1 aliphatic heterocycles. The molecule has 1 aromatic carbocycles. The van der Waals surface area contributed by atoms with Crippen molar-refractivity contribution in [2.24, 2.45) is 11.7 Å². The van der Waals surface area contributed by atoms with E-state index in [1.165, 1.54) is 23.5 Å². The number of hydrogen-bond acceptors (Lipinski definition) is 2. The Morgan fingerprint density at radius 2 is 2.07 bits per heavy atom. The van der Waals surface area contributed by atoms with Crippen molar-refractivity contribution in [3.63, 3.8) is 0 Å². The first-order valence-corrected chi connectivity index (χ1v) is 6.88. The molecule has 1 saturated heterocycles. The third-order valence-corrected chi connectivity index (χ3v) is 4.52. The van der Waals surface area contributed by atoms with Crippen molar-refractivity contribution >= 4 is 23.4 Å². The van der Waals surface area contributed by atoms with E-state index >= 15 is 0 Å². The smallest absolute Gasteiger partial charge is 0.0406 e. The van der Waals surface area contributed by atoms with E-state index in [0.29, 0.717) is 11.8 Å². The molecule has 0 spiro atoms. The van der Waals surface area contributed by atoms with Gasteiger partial charge in [-0.3, -0.25) is 0 Å². The van der Waals surface area contributed by atoms with E-state index in [4.69, 9.17) is 17.3 Å². The Balaban J connectivity index is 2.16. The Hall–Kier alpha value is -0.180. The number of halogens is 1. The molecular weight excluding hydrogens is 226 g/mol. The average molecular weight is 242 g/mol. The maximum Gasteiger partial charge on any atom is 0.0406 e. The number of nitrogens with two attached hydrogens (primary N) is 1. The van der Waals surface area contributed by atoms with Crippen molar-refractivity contribution in [3.8, 4) is 0 Å². The topological polar surface area (TPSA) is 26.0 Å². The summed E-state index contributed by atoms with van der Waals surface area (Å²) in [5.74, 6) is 3.71. The summed E-state index contributed by atoms with van der Waals surface area (Å²) in [6.07, 6.45) is 1.24. The second-order valence-corrected chi connectivity index (χ2v) is 5.60. The van der Waals surface area contributed by atoms with Crippen LogP contribution in [0.25, 0.3) is 0 Å². The zero-order valence-corrected chi connectivity index (χ0v) is 10.2. The fourth-order valence-electron chi connectivity index (χ4n) is 2.18. The maximum atomic E-state index is 5.89. The lowest BCUT2D eigenvalue weighted by Gasteiger charge is -2.30. The number of rotatable bonds is 2. The molecule has 0 bridgehead atoms. The van der Waals surface area contributed by atoms with Gasteiger partial charge in [-0.15, -0.1) is 0 Å². The fraction of sp³-hybridized carbons (Fsp3) is 0.500. The SMILES string of the molecule is NCC1CSCCC1c1ccc(Cl)cc1. The van der Waals surface area contributed by atoms with Crippen LogP contribution in [0.15, 0.2) is 24.3 Å². The van der Waals surface area contributed by atoms with Crippen molar-refractivity contribution < 1.29 is 0 Å². The summed E-state index contributed by atoms with van der Waals surface area (Å²) in [6, 6.07) is 8.25. The Kier molecular flexibility index (Phi) is 3.95. The van der Waals surface area contributed by atoms with Gasteiger partial charge in [0, 0.05) is 5.02 Å². The molecule has 2 atom stereocenters. The zero-order chi connectivity index (χ0) is 10.7. The highest BCUT2D eigenvalue weighted by Crippen LogP contribution is 2.36. The van der Waals surface area contributed by atoms with Gasteiger partial charge in [0.2, 0.25) is 0 Å². The summed E-state index contributed by atoms with van der Waals surface area (Å²) in [5.41, 5.74) is 7.22. The maximum absolute atomic E-state index is 5.89. The standard InChI is InChI=1S/C12H16ClNS/c13-11-3-1-9(2-4-11)12-5-6-15-8-10(12)7-14/h1-4,10,12H,5-8,14H2. The molecule has 82 valence electrons. The van der Waals surface area contributed by atoms with Crippen LogP contribution in [-0.2, 0) is 0 Å². The van der Waals surface area contributed by atoms with Gasteiger partial charge in [0.25, 0.3) is 0 Å².